The van der Waals surface area contributed by atoms with Gasteiger partial charge in [-0.3, -0.25) is 9.78 Å². The fourth-order valence-corrected chi connectivity index (χ4v) is 1.80. The first-order valence-electron chi connectivity index (χ1n) is 7.01. The van der Waals surface area contributed by atoms with E-state index in [1.165, 1.54) is 30.4 Å². The number of rotatable bonds is 5. The minimum atomic E-state index is -4.50. The minimum absolute atomic E-state index is 0.115. The van der Waals surface area contributed by atoms with E-state index in [1.807, 2.05) is 0 Å². The average molecular weight is 347 g/mol. The zero-order chi connectivity index (χ0) is 18.3. The summed E-state index contributed by atoms with van der Waals surface area (Å²) in [5, 5.41) is 11.5. The number of alkyl halides is 3. The summed E-state index contributed by atoms with van der Waals surface area (Å²) in [4.78, 5) is 15.9. The number of nitrogens with one attached hydrogen (secondary N) is 1. The number of nitrogens with zero attached hydrogens (tertiary/aromatic N) is 2. The molecule has 1 N–H and O–H groups in total. The maximum Gasteiger partial charge on any atom is 0.422 e. The number of ether oxygens (including phenoxy) is 1. The molecule has 0 aliphatic rings. The van der Waals surface area contributed by atoms with Gasteiger partial charge in [-0.1, -0.05) is 6.07 Å². The molecule has 0 aliphatic carbocycles. The number of pyridine rings is 1. The molecule has 1 aromatic heterocycles. The first kappa shape index (κ1) is 18.0. The molecule has 0 fully saturated rings. The molecule has 8 heteroatoms. The molecule has 0 atom stereocenters. The van der Waals surface area contributed by atoms with E-state index < -0.39 is 18.7 Å². The Kier molecular flexibility index (Phi) is 5.74. The van der Waals surface area contributed by atoms with Crippen LogP contribution in [0.15, 0.2) is 48.7 Å². The third-order valence-electron chi connectivity index (χ3n) is 2.85. The second kappa shape index (κ2) is 7.97. The Bertz CT molecular complexity index is 812. The lowest BCUT2D eigenvalue weighted by molar-refractivity contribution is -0.153. The lowest BCUT2D eigenvalue weighted by Gasteiger charge is -2.11. The van der Waals surface area contributed by atoms with Crippen LogP contribution in [0.4, 0.5) is 18.9 Å². The largest absolute Gasteiger partial charge is 0.483 e. The normalized spacial score (nSPS) is 11.1. The molecule has 0 saturated heterocycles. The van der Waals surface area contributed by atoms with E-state index in [0.717, 1.165) is 0 Å². The summed E-state index contributed by atoms with van der Waals surface area (Å²) in [5.41, 5.74) is 0.730. The number of halogens is 3. The molecule has 0 spiro atoms. The Morgan fingerprint density at radius 1 is 1.32 bits per heavy atom. The predicted octanol–water partition coefficient (Wildman–Crippen LogP) is 3.55. The summed E-state index contributed by atoms with van der Waals surface area (Å²) >= 11 is 0. The number of amides is 1. The summed E-state index contributed by atoms with van der Waals surface area (Å²) in [7, 11) is 0. The highest BCUT2D eigenvalue weighted by Crippen LogP contribution is 2.24. The Morgan fingerprint density at radius 2 is 2.12 bits per heavy atom. The van der Waals surface area contributed by atoms with E-state index in [9.17, 15) is 18.0 Å². The second-order valence-electron chi connectivity index (χ2n) is 4.80. The summed E-state index contributed by atoms with van der Waals surface area (Å²) in [5.74, 6) is -0.680. The molecular weight excluding hydrogens is 335 g/mol. The van der Waals surface area contributed by atoms with E-state index >= 15 is 0 Å². The summed E-state index contributed by atoms with van der Waals surface area (Å²) in [6, 6.07) is 10.7. The molecule has 0 unspecified atom stereocenters. The number of carbonyl (C=O) groups is 1. The number of benzene rings is 1. The van der Waals surface area contributed by atoms with Gasteiger partial charge in [0, 0.05) is 18.0 Å². The number of carbonyl (C=O) groups excluding carboxylic acids is 1. The van der Waals surface area contributed by atoms with Crippen LogP contribution in [0.2, 0.25) is 0 Å². The van der Waals surface area contributed by atoms with Crippen molar-refractivity contribution in [3.8, 4) is 11.8 Å². The van der Waals surface area contributed by atoms with Gasteiger partial charge in [-0.2, -0.15) is 18.4 Å². The SMILES string of the molecule is N#Cc1cc(NC(=O)/C=C/c2ccccn2)ccc1OCC(F)(F)F. The van der Waals surface area contributed by atoms with Crippen molar-refractivity contribution >= 4 is 17.7 Å². The van der Waals surface area contributed by atoms with Crippen LogP contribution in [0, 0.1) is 11.3 Å². The summed E-state index contributed by atoms with van der Waals surface area (Å²) in [6.07, 6.45) is -0.171. The summed E-state index contributed by atoms with van der Waals surface area (Å²) in [6.45, 7) is -1.50. The van der Waals surface area contributed by atoms with Crippen LogP contribution >= 0.6 is 0 Å². The van der Waals surface area contributed by atoms with Gasteiger partial charge in [-0.15, -0.1) is 0 Å². The van der Waals surface area contributed by atoms with Gasteiger partial charge in [0.25, 0.3) is 0 Å². The van der Waals surface area contributed by atoms with Crippen LogP contribution in [-0.2, 0) is 4.79 Å². The van der Waals surface area contributed by atoms with Crippen molar-refractivity contribution in [2.45, 2.75) is 6.18 Å². The quantitative estimate of drug-likeness (QED) is 0.840. The molecular formula is C17H12F3N3O2. The van der Waals surface area contributed by atoms with Crippen LogP contribution in [0.25, 0.3) is 6.08 Å². The fourth-order valence-electron chi connectivity index (χ4n) is 1.80. The van der Waals surface area contributed by atoms with Crippen molar-refractivity contribution in [1.82, 2.24) is 4.98 Å². The topological polar surface area (TPSA) is 75.0 Å². The van der Waals surface area contributed by atoms with Crippen LogP contribution in [0.1, 0.15) is 11.3 Å². The standard InChI is InChI=1S/C17H12F3N3O2/c18-17(19,20)11-25-15-6-4-14(9-12(15)10-21)23-16(24)7-5-13-3-1-2-8-22-13/h1-9H,11H2,(H,23,24)/b7-5+. The fraction of sp³-hybridized carbons (Fsp3) is 0.118. The number of anilines is 1. The lowest BCUT2D eigenvalue weighted by Crippen LogP contribution is -2.19. The highest BCUT2D eigenvalue weighted by molar-refractivity contribution is 6.01. The van der Waals surface area contributed by atoms with E-state index in [2.05, 4.69) is 15.0 Å². The van der Waals surface area contributed by atoms with Gasteiger partial charge < -0.3 is 10.1 Å². The second-order valence-corrected chi connectivity index (χ2v) is 4.80. The van der Waals surface area contributed by atoms with E-state index in [1.54, 1.807) is 30.5 Å². The zero-order valence-corrected chi connectivity index (χ0v) is 12.7. The smallest absolute Gasteiger partial charge is 0.422 e. The molecule has 2 rings (SSSR count). The molecule has 0 saturated carbocycles. The molecule has 2 aromatic rings. The Morgan fingerprint density at radius 3 is 2.76 bits per heavy atom. The van der Waals surface area contributed by atoms with Crippen molar-refractivity contribution in [2.75, 3.05) is 11.9 Å². The van der Waals surface area contributed by atoms with Crippen molar-refractivity contribution in [2.24, 2.45) is 0 Å². The van der Waals surface area contributed by atoms with Crippen molar-refractivity contribution in [3.05, 3.63) is 59.9 Å². The van der Waals surface area contributed by atoms with Crippen molar-refractivity contribution in [1.29, 1.82) is 5.26 Å². The van der Waals surface area contributed by atoms with Crippen molar-refractivity contribution in [3.63, 3.8) is 0 Å². The molecule has 25 heavy (non-hydrogen) atoms. The van der Waals surface area contributed by atoms with Crippen LogP contribution in [-0.4, -0.2) is 23.7 Å². The Hall–Kier alpha value is -3.34. The Labute approximate surface area is 141 Å². The van der Waals surface area contributed by atoms with Gasteiger partial charge in [0.1, 0.15) is 11.8 Å². The minimum Gasteiger partial charge on any atom is -0.483 e. The molecule has 5 nitrogen and oxygen atoms in total. The van der Waals surface area contributed by atoms with E-state index in [4.69, 9.17) is 5.26 Å². The van der Waals surface area contributed by atoms with Crippen LogP contribution in [0.3, 0.4) is 0 Å². The zero-order valence-electron chi connectivity index (χ0n) is 12.7. The first-order valence-corrected chi connectivity index (χ1v) is 7.01. The van der Waals surface area contributed by atoms with Crippen molar-refractivity contribution < 1.29 is 22.7 Å². The first-order chi connectivity index (χ1) is 11.9. The van der Waals surface area contributed by atoms with Gasteiger partial charge in [0.15, 0.2) is 6.61 Å². The molecule has 0 aliphatic heterocycles. The molecule has 128 valence electrons. The molecule has 1 aromatic carbocycles. The van der Waals surface area contributed by atoms with Gasteiger partial charge in [-0.05, 0) is 36.4 Å². The average Bonchev–Trinajstić information content (AvgIpc) is 2.59. The summed E-state index contributed by atoms with van der Waals surface area (Å²) < 4.78 is 41.1. The predicted molar refractivity (Wildman–Crippen MR) is 84.6 cm³/mol. The third kappa shape index (κ3) is 5.99. The van der Waals surface area contributed by atoms with Crippen LogP contribution in [0.5, 0.6) is 5.75 Å². The number of aromatic nitrogens is 1. The molecule has 0 bridgehead atoms. The maximum atomic E-state index is 12.2. The van der Waals surface area contributed by atoms with E-state index in [-0.39, 0.29) is 17.0 Å². The number of hydrogen-bond acceptors (Lipinski definition) is 4. The lowest BCUT2D eigenvalue weighted by atomic mass is 10.2. The van der Waals surface area contributed by atoms with Gasteiger partial charge in [0.05, 0.1) is 11.3 Å². The van der Waals surface area contributed by atoms with E-state index in [0.29, 0.717) is 5.69 Å². The monoisotopic (exact) mass is 347 g/mol. The highest BCUT2D eigenvalue weighted by Gasteiger charge is 2.28. The van der Waals surface area contributed by atoms with Gasteiger partial charge in [0.2, 0.25) is 5.91 Å². The van der Waals surface area contributed by atoms with Gasteiger partial charge in [-0.25, -0.2) is 0 Å². The van der Waals surface area contributed by atoms with Gasteiger partial charge >= 0.3 is 6.18 Å². The maximum absolute atomic E-state index is 12.2. The highest BCUT2D eigenvalue weighted by atomic mass is 19.4. The third-order valence-corrected chi connectivity index (χ3v) is 2.85. The number of nitriles is 1. The molecule has 1 amide bonds. The van der Waals surface area contributed by atoms with Crippen LogP contribution < -0.4 is 10.1 Å². The number of hydrogen-bond donors (Lipinski definition) is 1. The molecule has 0 radical (unpaired) electrons. The molecule has 1 heterocycles. The Balaban J connectivity index is 2.04.